The number of aliphatic carboxylic acids is 2. The van der Waals surface area contributed by atoms with E-state index in [1.165, 1.54) is 13.0 Å². The van der Waals surface area contributed by atoms with Gasteiger partial charge in [0.25, 0.3) is 0 Å². The minimum atomic E-state index is -1.47. The van der Waals surface area contributed by atoms with Crippen LogP contribution < -0.4 is 9.47 Å². The van der Waals surface area contributed by atoms with E-state index in [1.54, 1.807) is 24.3 Å². The Bertz CT molecular complexity index is 611. The maximum absolute atomic E-state index is 10.8. The van der Waals surface area contributed by atoms with E-state index in [9.17, 15) is 9.59 Å². The second-order valence-electron chi connectivity index (χ2n) is 4.11. The summed E-state index contributed by atoms with van der Waals surface area (Å²) < 4.78 is 10.4. The first kappa shape index (κ1) is 13.7. The first-order valence-electron chi connectivity index (χ1n) is 5.74. The molecule has 1 heterocycles. The van der Waals surface area contributed by atoms with Crippen molar-refractivity contribution < 1.29 is 29.3 Å². The van der Waals surface area contributed by atoms with Gasteiger partial charge in [0, 0.05) is 0 Å². The zero-order valence-corrected chi connectivity index (χ0v) is 10.6. The van der Waals surface area contributed by atoms with E-state index in [2.05, 4.69) is 0 Å². The van der Waals surface area contributed by atoms with E-state index in [1.807, 2.05) is 0 Å². The number of hydrogen-bond donors (Lipinski definition) is 2. The first-order chi connectivity index (χ1) is 9.49. The van der Waals surface area contributed by atoms with Crippen molar-refractivity contribution >= 4 is 18.0 Å². The standard InChI is InChI=1S/C14H12O6/c1-8(12(13(15)16)14(17)18)2-3-9-4-5-10-11(6-9)20-7-19-10/h2-6H,7H2,1H3,(H,15,16)(H,17,18)/b3-2+. The van der Waals surface area contributed by atoms with Gasteiger partial charge >= 0.3 is 11.9 Å². The summed E-state index contributed by atoms with van der Waals surface area (Å²) in [5.41, 5.74) is 0.258. The van der Waals surface area contributed by atoms with Gasteiger partial charge in [-0.25, -0.2) is 9.59 Å². The van der Waals surface area contributed by atoms with Gasteiger partial charge in [0.2, 0.25) is 6.79 Å². The Morgan fingerprint density at radius 3 is 2.45 bits per heavy atom. The number of rotatable bonds is 4. The van der Waals surface area contributed by atoms with Crippen molar-refractivity contribution in [2.75, 3.05) is 6.79 Å². The molecule has 0 saturated carbocycles. The number of ether oxygens (including phenoxy) is 2. The maximum atomic E-state index is 10.8. The molecule has 0 spiro atoms. The van der Waals surface area contributed by atoms with Gasteiger partial charge < -0.3 is 19.7 Å². The molecule has 2 N–H and O–H groups in total. The van der Waals surface area contributed by atoms with Crippen LogP contribution in [0.5, 0.6) is 11.5 Å². The van der Waals surface area contributed by atoms with Crippen LogP contribution in [0.4, 0.5) is 0 Å². The monoisotopic (exact) mass is 276 g/mol. The molecule has 0 fully saturated rings. The summed E-state index contributed by atoms with van der Waals surface area (Å²) >= 11 is 0. The summed E-state index contributed by atoms with van der Waals surface area (Å²) in [7, 11) is 0. The molecule has 1 aromatic carbocycles. The molecular formula is C14H12O6. The Kier molecular flexibility index (Phi) is 3.74. The highest BCUT2D eigenvalue weighted by Gasteiger charge is 2.18. The number of fused-ring (bicyclic) bond motifs is 1. The third kappa shape index (κ3) is 2.80. The fraction of sp³-hybridized carbons (Fsp3) is 0.143. The van der Waals surface area contributed by atoms with Crippen molar-refractivity contribution in [3.8, 4) is 11.5 Å². The van der Waals surface area contributed by atoms with E-state index in [0.717, 1.165) is 5.56 Å². The van der Waals surface area contributed by atoms with Crippen LogP contribution in [0.3, 0.4) is 0 Å². The topological polar surface area (TPSA) is 93.1 Å². The van der Waals surface area contributed by atoms with Crippen LogP contribution in [0.1, 0.15) is 12.5 Å². The predicted octanol–water partition coefficient (Wildman–Crippen LogP) is 1.91. The Balaban J connectivity index is 2.26. The molecule has 0 bridgehead atoms. The number of allylic oxidation sites excluding steroid dienone is 2. The van der Waals surface area contributed by atoms with Crippen LogP contribution in [0, 0.1) is 0 Å². The molecule has 20 heavy (non-hydrogen) atoms. The molecular weight excluding hydrogens is 264 g/mol. The smallest absolute Gasteiger partial charge is 0.343 e. The molecule has 0 radical (unpaired) electrons. The van der Waals surface area contributed by atoms with E-state index >= 15 is 0 Å². The van der Waals surface area contributed by atoms with Crippen LogP contribution in [0.25, 0.3) is 6.08 Å². The summed E-state index contributed by atoms with van der Waals surface area (Å²) in [4.78, 5) is 21.7. The highest BCUT2D eigenvalue weighted by atomic mass is 16.7. The van der Waals surface area contributed by atoms with E-state index in [-0.39, 0.29) is 12.4 Å². The van der Waals surface area contributed by atoms with Gasteiger partial charge in [-0.05, 0) is 30.2 Å². The van der Waals surface area contributed by atoms with Crippen LogP contribution in [0.2, 0.25) is 0 Å². The summed E-state index contributed by atoms with van der Waals surface area (Å²) in [6.07, 6.45) is 3.05. The maximum Gasteiger partial charge on any atom is 0.343 e. The number of carboxylic acid groups (broad SMARTS) is 2. The highest BCUT2D eigenvalue weighted by Crippen LogP contribution is 2.32. The van der Waals surface area contributed by atoms with Gasteiger partial charge in [-0.2, -0.15) is 0 Å². The summed E-state index contributed by atoms with van der Waals surface area (Å²) in [6.45, 7) is 1.60. The van der Waals surface area contributed by atoms with Crippen LogP contribution in [0.15, 0.2) is 35.4 Å². The fourth-order valence-electron chi connectivity index (χ4n) is 1.75. The van der Waals surface area contributed by atoms with Crippen molar-refractivity contribution in [2.24, 2.45) is 0 Å². The molecule has 0 atom stereocenters. The zero-order chi connectivity index (χ0) is 14.7. The number of benzene rings is 1. The van der Waals surface area contributed by atoms with Gasteiger partial charge in [-0.1, -0.05) is 18.2 Å². The predicted molar refractivity (Wildman–Crippen MR) is 69.6 cm³/mol. The molecule has 1 aliphatic rings. The molecule has 0 aliphatic carbocycles. The molecule has 6 nitrogen and oxygen atoms in total. The summed E-state index contributed by atoms with van der Waals surface area (Å²) in [6, 6.07) is 5.22. The average molecular weight is 276 g/mol. The molecule has 1 aliphatic heterocycles. The number of carboxylic acids is 2. The molecule has 2 rings (SSSR count). The molecule has 0 amide bonds. The van der Waals surface area contributed by atoms with E-state index in [4.69, 9.17) is 19.7 Å². The summed E-state index contributed by atoms with van der Waals surface area (Å²) in [5.74, 6) is -1.69. The van der Waals surface area contributed by atoms with E-state index < -0.39 is 17.5 Å². The molecule has 104 valence electrons. The van der Waals surface area contributed by atoms with Gasteiger partial charge in [0.15, 0.2) is 11.5 Å². The Morgan fingerprint density at radius 2 is 1.80 bits per heavy atom. The lowest BCUT2D eigenvalue weighted by atomic mass is 10.1. The quantitative estimate of drug-likeness (QED) is 0.377. The van der Waals surface area contributed by atoms with Crippen molar-refractivity contribution in [3.63, 3.8) is 0 Å². The molecule has 0 aromatic heterocycles. The lowest BCUT2D eigenvalue weighted by molar-refractivity contribution is -0.140. The highest BCUT2D eigenvalue weighted by molar-refractivity contribution is 6.13. The summed E-state index contributed by atoms with van der Waals surface area (Å²) in [5, 5.41) is 17.7. The largest absolute Gasteiger partial charge is 0.477 e. The number of carbonyl (C=O) groups is 2. The third-order valence-electron chi connectivity index (χ3n) is 2.74. The lowest BCUT2D eigenvalue weighted by Crippen LogP contribution is -2.12. The van der Waals surface area contributed by atoms with Crippen LogP contribution >= 0.6 is 0 Å². The van der Waals surface area contributed by atoms with Crippen LogP contribution in [-0.2, 0) is 9.59 Å². The molecule has 6 heteroatoms. The SMILES string of the molecule is CC(/C=C/c1ccc2c(c1)OCO2)=C(C(=O)O)C(=O)O. The minimum absolute atomic E-state index is 0.155. The Hall–Kier alpha value is -2.76. The van der Waals surface area contributed by atoms with Gasteiger partial charge in [-0.15, -0.1) is 0 Å². The van der Waals surface area contributed by atoms with E-state index in [0.29, 0.717) is 11.5 Å². The lowest BCUT2D eigenvalue weighted by Gasteiger charge is -2.00. The number of hydrogen-bond acceptors (Lipinski definition) is 4. The minimum Gasteiger partial charge on any atom is -0.477 e. The van der Waals surface area contributed by atoms with Gasteiger partial charge in [-0.3, -0.25) is 0 Å². The Labute approximate surface area is 114 Å². The molecule has 1 aromatic rings. The van der Waals surface area contributed by atoms with Crippen molar-refractivity contribution in [2.45, 2.75) is 6.92 Å². The third-order valence-corrected chi connectivity index (χ3v) is 2.74. The average Bonchev–Trinajstić information content (AvgIpc) is 2.82. The van der Waals surface area contributed by atoms with Gasteiger partial charge in [0.1, 0.15) is 5.57 Å². The second-order valence-corrected chi connectivity index (χ2v) is 4.11. The molecule has 0 saturated heterocycles. The van der Waals surface area contributed by atoms with Gasteiger partial charge in [0.05, 0.1) is 0 Å². The normalized spacial score (nSPS) is 12.4. The Morgan fingerprint density at radius 1 is 1.15 bits per heavy atom. The molecule has 0 unspecified atom stereocenters. The zero-order valence-electron chi connectivity index (χ0n) is 10.6. The fourth-order valence-corrected chi connectivity index (χ4v) is 1.75. The van der Waals surface area contributed by atoms with Crippen molar-refractivity contribution in [1.82, 2.24) is 0 Å². The van der Waals surface area contributed by atoms with Crippen LogP contribution in [-0.4, -0.2) is 28.9 Å². The first-order valence-corrected chi connectivity index (χ1v) is 5.74. The van der Waals surface area contributed by atoms with Crippen molar-refractivity contribution in [1.29, 1.82) is 0 Å². The second kappa shape index (κ2) is 5.48. The van der Waals surface area contributed by atoms with Crippen molar-refractivity contribution in [3.05, 3.63) is 41.0 Å².